The molecule has 0 atom stereocenters. The van der Waals surface area contributed by atoms with E-state index in [-0.39, 0.29) is 6.61 Å². The number of thiazole rings is 1. The van der Waals surface area contributed by atoms with Gasteiger partial charge in [-0.25, -0.2) is 14.2 Å². The highest BCUT2D eigenvalue weighted by atomic mass is 32.1. The first-order valence-corrected chi connectivity index (χ1v) is 7.25. The van der Waals surface area contributed by atoms with E-state index in [1.807, 2.05) is 0 Å². The summed E-state index contributed by atoms with van der Waals surface area (Å²) in [6.07, 6.45) is 1.63. The summed E-state index contributed by atoms with van der Waals surface area (Å²) in [5, 5.41) is 9.70. The van der Waals surface area contributed by atoms with E-state index in [9.17, 15) is 9.18 Å². The highest BCUT2D eigenvalue weighted by Gasteiger charge is 2.16. The van der Waals surface area contributed by atoms with Crippen molar-refractivity contribution in [1.29, 1.82) is 0 Å². The molecule has 0 saturated carbocycles. The van der Waals surface area contributed by atoms with Gasteiger partial charge in [-0.2, -0.15) is 9.36 Å². The number of ether oxygens (including phenoxy) is 1. The maximum atomic E-state index is 13.7. The molecule has 9 heteroatoms. The Morgan fingerprint density at radius 3 is 2.82 bits per heavy atom. The number of halogens is 1. The number of hydrogen-bond donors (Lipinski definition) is 0. The number of nitrogens with zero attached hydrogens (tertiary/aromatic N) is 5. The summed E-state index contributed by atoms with van der Waals surface area (Å²) in [6, 6.07) is 2.62. The molecule has 114 valence electrons. The molecule has 0 amide bonds. The van der Waals surface area contributed by atoms with Gasteiger partial charge in [-0.3, -0.25) is 0 Å². The molecule has 3 aromatic rings. The molecular weight excluding hydrogens is 309 g/mol. The Balaban J connectivity index is 2.04. The third kappa shape index (κ3) is 2.62. The van der Waals surface area contributed by atoms with Crippen LogP contribution < -0.4 is 10.4 Å². The highest BCUT2D eigenvalue weighted by Crippen LogP contribution is 2.22. The monoisotopic (exact) mass is 321 g/mol. The van der Waals surface area contributed by atoms with Gasteiger partial charge in [0.05, 0.1) is 5.69 Å². The van der Waals surface area contributed by atoms with Gasteiger partial charge in [-0.1, -0.05) is 11.3 Å². The Bertz CT molecular complexity index is 856. The van der Waals surface area contributed by atoms with Gasteiger partial charge in [0.25, 0.3) is 5.19 Å². The molecule has 22 heavy (non-hydrogen) atoms. The molecule has 0 spiro atoms. The van der Waals surface area contributed by atoms with Crippen molar-refractivity contribution in [1.82, 2.24) is 24.8 Å². The summed E-state index contributed by atoms with van der Waals surface area (Å²) in [5.74, 6) is -0.456. The lowest BCUT2D eigenvalue weighted by atomic mass is 10.1. The van der Waals surface area contributed by atoms with Gasteiger partial charge in [0, 0.05) is 30.3 Å². The van der Waals surface area contributed by atoms with Gasteiger partial charge < -0.3 is 4.74 Å². The second-order valence-corrected chi connectivity index (χ2v) is 5.46. The molecule has 0 radical (unpaired) electrons. The molecule has 0 saturated heterocycles. The minimum absolute atomic E-state index is 0.151. The molecule has 0 aliphatic carbocycles. The minimum atomic E-state index is -0.458. The third-order valence-corrected chi connectivity index (χ3v) is 3.80. The summed E-state index contributed by atoms with van der Waals surface area (Å²) < 4.78 is 21.4. The number of aryl methyl sites for hydroxylation is 2. The topological polar surface area (TPSA) is 74.8 Å². The van der Waals surface area contributed by atoms with E-state index in [1.54, 1.807) is 18.5 Å². The van der Waals surface area contributed by atoms with Crippen LogP contribution in [-0.2, 0) is 13.7 Å². The van der Waals surface area contributed by atoms with Crippen LogP contribution in [0.3, 0.4) is 0 Å². The van der Waals surface area contributed by atoms with Crippen molar-refractivity contribution in [3.05, 3.63) is 51.1 Å². The van der Waals surface area contributed by atoms with E-state index in [2.05, 4.69) is 15.4 Å². The number of hydrogen-bond acceptors (Lipinski definition) is 6. The first-order chi connectivity index (χ1) is 10.6. The fraction of sp³-hybridized carbons (Fsp3) is 0.231. The molecule has 0 aliphatic heterocycles. The van der Waals surface area contributed by atoms with E-state index in [0.29, 0.717) is 22.0 Å². The standard InChI is InChI=1S/C13H12FN5O2S/c1-8-5-9(14)6-11(19-13(20)18(2)16-17-19)10(8)7-21-12-15-3-4-22-12/h3-6H,7H2,1-2H3. The van der Waals surface area contributed by atoms with Crippen molar-refractivity contribution in [2.24, 2.45) is 7.05 Å². The molecule has 3 rings (SSSR count). The largest absolute Gasteiger partial charge is 0.465 e. The fourth-order valence-corrected chi connectivity index (χ4v) is 2.50. The Labute approximate surface area is 128 Å². The van der Waals surface area contributed by atoms with Gasteiger partial charge >= 0.3 is 5.69 Å². The average Bonchev–Trinajstić information content (AvgIpc) is 3.09. The summed E-state index contributed by atoms with van der Waals surface area (Å²) >= 11 is 1.35. The Morgan fingerprint density at radius 1 is 1.36 bits per heavy atom. The van der Waals surface area contributed by atoms with Gasteiger partial charge in [-0.05, 0) is 29.0 Å². The zero-order valence-electron chi connectivity index (χ0n) is 11.9. The second-order valence-electron chi connectivity index (χ2n) is 4.60. The van der Waals surface area contributed by atoms with Crippen LogP contribution in [0.1, 0.15) is 11.1 Å². The average molecular weight is 321 g/mol. The van der Waals surface area contributed by atoms with Crippen LogP contribution >= 0.6 is 11.3 Å². The van der Waals surface area contributed by atoms with E-state index in [1.165, 1.54) is 30.5 Å². The Morgan fingerprint density at radius 2 is 2.18 bits per heavy atom. The summed E-state index contributed by atoms with van der Waals surface area (Å²) in [7, 11) is 1.48. The van der Waals surface area contributed by atoms with E-state index >= 15 is 0 Å². The van der Waals surface area contributed by atoms with Gasteiger partial charge in [0.2, 0.25) is 0 Å². The second kappa shape index (κ2) is 5.68. The van der Waals surface area contributed by atoms with Gasteiger partial charge in [0.15, 0.2) is 0 Å². The van der Waals surface area contributed by atoms with Crippen molar-refractivity contribution in [3.63, 3.8) is 0 Å². The van der Waals surface area contributed by atoms with Gasteiger partial charge in [0.1, 0.15) is 12.4 Å². The lowest BCUT2D eigenvalue weighted by Gasteiger charge is -2.12. The molecule has 0 fully saturated rings. The quantitative estimate of drug-likeness (QED) is 0.727. The van der Waals surface area contributed by atoms with Crippen LogP contribution in [-0.4, -0.2) is 24.8 Å². The first-order valence-electron chi connectivity index (χ1n) is 6.37. The maximum Gasteiger partial charge on any atom is 0.368 e. The van der Waals surface area contributed by atoms with Crippen molar-refractivity contribution in [2.75, 3.05) is 0 Å². The predicted octanol–water partition coefficient (Wildman–Crippen LogP) is 1.45. The van der Waals surface area contributed by atoms with Crippen LogP contribution in [0.25, 0.3) is 5.69 Å². The molecule has 0 N–H and O–H groups in total. The Kier molecular flexibility index (Phi) is 3.72. The van der Waals surface area contributed by atoms with Crippen LogP contribution in [0.2, 0.25) is 0 Å². The molecule has 0 unspecified atom stereocenters. The number of tetrazole rings is 1. The summed E-state index contributed by atoms with van der Waals surface area (Å²) in [5.41, 5.74) is 1.16. The maximum absolute atomic E-state index is 13.7. The first kappa shape index (κ1) is 14.4. The lowest BCUT2D eigenvalue weighted by molar-refractivity contribution is 0.303. The van der Waals surface area contributed by atoms with Crippen LogP contribution in [0.5, 0.6) is 5.19 Å². The van der Waals surface area contributed by atoms with Gasteiger partial charge in [-0.15, -0.1) is 0 Å². The molecular formula is C13H12FN5O2S. The van der Waals surface area contributed by atoms with Crippen molar-refractivity contribution in [2.45, 2.75) is 13.5 Å². The summed E-state index contributed by atoms with van der Waals surface area (Å²) in [4.78, 5) is 16.0. The zero-order chi connectivity index (χ0) is 15.7. The minimum Gasteiger partial charge on any atom is -0.465 e. The van der Waals surface area contributed by atoms with E-state index in [4.69, 9.17) is 4.74 Å². The molecule has 1 aromatic carbocycles. The molecule has 7 nitrogen and oxygen atoms in total. The van der Waals surface area contributed by atoms with E-state index < -0.39 is 11.5 Å². The van der Waals surface area contributed by atoms with E-state index in [0.717, 1.165) is 9.36 Å². The van der Waals surface area contributed by atoms with Crippen molar-refractivity contribution < 1.29 is 9.13 Å². The number of aromatic nitrogens is 5. The number of benzene rings is 1. The van der Waals surface area contributed by atoms with Crippen molar-refractivity contribution in [3.8, 4) is 10.9 Å². The predicted molar refractivity (Wildman–Crippen MR) is 77.7 cm³/mol. The normalized spacial score (nSPS) is 10.9. The van der Waals surface area contributed by atoms with Crippen molar-refractivity contribution >= 4 is 11.3 Å². The highest BCUT2D eigenvalue weighted by molar-refractivity contribution is 7.11. The smallest absolute Gasteiger partial charge is 0.368 e. The number of rotatable bonds is 4. The summed E-state index contributed by atoms with van der Waals surface area (Å²) in [6.45, 7) is 1.90. The molecule has 2 heterocycles. The molecule has 0 bridgehead atoms. The third-order valence-electron chi connectivity index (χ3n) is 3.11. The van der Waals surface area contributed by atoms with Crippen LogP contribution in [0.4, 0.5) is 4.39 Å². The van der Waals surface area contributed by atoms with Crippen LogP contribution in [0.15, 0.2) is 28.5 Å². The van der Waals surface area contributed by atoms with Crippen LogP contribution in [0, 0.1) is 12.7 Å². The zero-order valence-corrected chi connectivity index (χ0v) is 12.7. The fourth-order valence-electron chi connectivity index (χ4n) is 2.01. The molecule has 0 aliphatic rings. The SMILES string of the molecule is Cc1cc(F)cc(-n2nnn(C)c2=O)c1COc1nccs1. The Hall–Kier alpha value is -2.55. The molecule has 2 aromatic heterocycles. The lowest BCUT2D eigenvalue weighted by Crippen LogP contribution is -2.23.